The SMILES string of the molecule is CCC(C)NC(=O)N/C=C/C(=O)O. The lowest BCUT2D eigenvalue weighted by Gasteiger charge is -2.09. The molecule has 0 aliphatic rings. The minimum absolute atomic E-state index is 0.0817. The van der Waals surface area contributed by atoms with E-state index < -0.39 is 12.0 Å². The summed E-state index contributed by atoms with van der Waals surface area (Å²) < 4.78 is 0. The van der Waals surface area contributed by atoms with Crippen molar-refractivity contribution >= 4 is 12.0 Å². The fraction of sp³-hybridized carbons (Fsp3) is 0.500. The van der Waals surface area contributed by atoms with Gasteiger partial charge in [0, 0.05) is 18.3 Å². The monoisotopic (exact) mass is 186 g/mol. The van der Waals surface area contributed by atoms with Crippen molar-refractivity contribution in [3.05, 3.63) is 12.3 Å². The van der Waals surface area contributed by atoms with Gasteiger partial charge in [0.1, 0.15) is 0 Å². The molecule has 1 unspecified atom stereocenters. The second kappa shape index (κ2) is 6.05. The molecular formula is C8H14N2O3. The normalized spacial score (nSPS) is 12.5. The van der Waals surface area contributed by atoms with Crippen molar-refractivity contribution in [1.29, 1.82) is 0 Å². The van der Waals surface area contributed by atoms with Gasteiger partial charge >= 0.3 is 12.0 Å². The Hall–Kier alpha value is -1.52. The molecule has 1 atom stereocenters. The predicted molar refractivity (Wildman–Crippen MR) is 48.2 cm³/mol. The molecule has 74 valence electrons. The Bertz CT molecular complexity index is 213. The van der Waals surface area contributed by atoms with Gasteiger partial charge in [-0.25, -0.2) is 9.59 Å². The Morgan fingerprint density at radius 1 is 1.54 bits per heavy atom. The summed E-state index contributed by atoms with van der Waals surface area (Å²) in [5.41, 5.74) is 0. The highest BCUT2D eigenvalue weighted by Gasteiger charge is 2.01. The van der Waals surface area contributed by atoms with E-state index >= 15 is 0 Å². The molecule has 0 heterocycles. The van der Waals surface area contributed by atoms with Crippen LogP contribution in [-0.4, -0.2) is 23.1 Å². The Morgan fingerprint density at radius 2 is 2.15 bits per heavy atom. The Balaban J connectivity index is 3.69. The largest absolute Gasteiger partial charge is 0.478 e. The van der Waals surface area contributed by atoms with Crippen LogP contribution in [0.1, 0.15) is 20.3 Å². The van der Waals surface area contributed by atoms with Crippen LogP contribution in [0.2, 0.25) is 0 Å². The smallest absolute Gasteiger partial charge is 0.329 e. The Kier molecular flexibility index (Phi) is 5.34. The van der Waals surface area contributed by atoms with E-state index in [0.717, 1.165) is 18.7 Å². The molecule has 0 aromatic rings. The second-order valence-electron chi connectivity index (χ2n) is 2.60. The number of aliphatic carboxylic acids is 1. The van der Waals surface area contributed by atoms with Crippen LogP contribution in [0, 0.1) is 0 Å². The van der Waals surface area contributed by atoms with E-state index in [0.29, 0.717) is 0 Å². The lowest BCUT2D eigenvalue weighted by molar-refractivity contribution is -0.131. The summed E-state index contributed by atoms with van der Waals surface area (Å²) in [5.74, 6) is -1.09. The van der Waals surface area contributed by atoms with Crippen molar-refractivity contribution in [2.24, 2.45) is 0 Å². The van der Waals surface area contributed by atoms with Gasteiger partial charge in [-0.15, -0.1) is 0 Å². The summed E-state index contributed by atoms with van der Waals surface area (Å²) in [6.07, 6.45) is 2.77. The molecule has 0 saturated carbocycles. The van der Waals surface area contributed by atoms with Crippen molar-refractivity contribution in [3.63, 3.8) is 0 Å². The molecule has 5 heteroatoms. The fourth-order valence-electron chi connectivity index (χ4n) is 0.556. The van der Waals surface area contributed by atoms with Crippen LogP contribution in [0.15, 0.2) is 12.3 Å². The summed E-state index contributed by atoms with van der Waals surface area (Å²) in [7, 11) is 0. The first-order valence-corrected chi connectivity index (χ1v) is 4.02. The lowest BCUT2D eigenvalue weighted by Crippen LogP contribution is -2.38. The molecule has 0 aromatic heterocycles. The van der Waals surface area contributed by atoms with E-state index in [2.05, 4.69) is 10.6 Å². The molecule has 0 radical (unpaired) electrons. The quantitative estimate of drug-likeness (QED) is 0.565. The molecule has 13 heavy (non-hydrogen) atoms. The fourth-order valence-corrected chi connectivity index (χ4v) is 0.556. The Labute approximate surface area is 76.8 Å². The highest BCUT2D eigenvalue weighted by Crippen LogP contribution is 1.86. The summed E-state index contributed by atoms with van der Waals surface area (Å²) in [6, 6.07) is -0.315. The number of rotatable bonds is 4. The number of carbonyl (C=O) groups excluding carboxylic acids is 1. The molecule has 0 bridgehead atoms. The van der Waals surface area contributed by atoms with Crippen molar-refractivity contribution in [1.82, 2.24) is 10.6 Å². The van der Waals surface area contributed by atoms with Crippen molar-refractivity contribution in [2.45, 2.75) is 26.3 Å². The van der Waals surface area contributed by atoms with Gasteiger partial charge in [0.2, 0.25) is 0 Å². The number of hydrogen-bond acceptors (Lipinski definition) is 2. The molecule has 0 aliphatic carbocycles. The molecule has 0 fully saturated rings. The van der Waals surface area contributed by atoms with Gasteiger partial charge in [-0.05, 0) is 13.3 Å². The molecule has 0 saturated heterocycles. The van der Waals surface area contributed by atoms with Crippen LogP contribution in [0.4, 0.5) is 4.79 Å². The van der Waals surface area contributed by atoms with E-state index in [4.69, 9.17) is 5.11 Å². The zero-order chi connectivity index (χ0) is 10.3. The highest BCUT2D eigenvalue weighted by molar-refractivity contribution is 5.81. The zero-order valence-corrected chi connectivity index (χ0v) is 7.70. The minimum Gasteiger partial charge on any atom is -0.478 e. The summed E-state index contributed by atoms with van der Waals surface area (Å²) >= 11 is 0. The van der Waals surface area contributed by atoms with Crippen LogP contribution < -0.4 is 10.6 Å². The van der Waals surface area contributed by atoms with E-state index in [-0.39, 0.29) is 6.04 Å². The van der Waals surface area contributed by atoms with Crippen LogP contribution in [0.5, 0.6) is 0 Å². The van der Waals surface area contributed by atoms with E-state index in [1.165, 1.54) is 0 Å². The third kappa shape index (κ3) is 6.86. The number of carbonyl (C=O) groups is 2. The number of nitrogens with one attached hydrogen (secondary N) is 2. The summed E-state index contributed by atoms with van der Waals surface area (Å²) in [6.45, 7) is 3.80. The number of hydrogen-bond donors (Lipinski definition) is 3. The maximum Gasteiger partial charge on any atom is 0.329 e. The first-order chi connectivity index (χ1) is 6.06. The molecule has 2 amide bonds. The van der Waals surface area contributed by atoms with Gasteiger partial charge in [-0.1, -0.05) is 6.92 Å². The van der Waals surface area contributed by atoms with E-state index in [9.17, 15) is 9.59 Å². The summed E-state index contributed by atoms with van der Waals surface area (Å²) in [4.78, 5) is 20.9. The maximum absolute atomic E-state index is 10.9. The molecule has 0 rings (SSSR count). The average molecular weight is 186 g/mol. The number of amides is 2. The van der Waals surface area contributed by atoms with Gasteiger partial charge < -0.3 is 15.7 Å². The predicted octanol–water partition coefficient (Wildman–Crippen LogP) is 0.682. The van der Waals surface area contributed by atoms with Gasteiger partial charge in [-0.2, -0.15) is 0 Å². The molecule has 0 aliphatic heterocycles. The standard InChI is InChI=1S/C8H14N2O3/c1-3-6(2)10-8(13)9-5-4-7(11)12/h4-6H,3H2,1-2H3,(H,11,12)(H2,9,10,13)/b5-4+. The zero-order valence-electron chi connectivity index (χ0n) is 7.70. The minimum atomic E-state index is -1.09. The number of carboxylic acid groups (broad SMARTS) is 1. The van der Waals surface area contributed by atoms with Crippen LogP contribution in [0.3, 0.4) is 0 Å². The average Bonchev–Trinajstić information content (AvgIpc) is 2.03. The first-order valence-electron chi connectivity index (χ1n) is 4.02. The van der Waals surface area contributed by atoms with Gasteiger partial charge in [0.25, 0.3) is 0 Å². The van der Waals surface area contributed by atoms with Crippen LogP contribution >= 0.6 is 0 Å². The second-order valence-corrected chi connectivity index (χ2v) is 2.60. The number of urea groups is 1. The third-order valence-electron chi connectivity index (χ3n) is 1.43. The summed E-state index contributed by atoms with van der Waals surface area (Å²) in [5, 5.41) is 13.1. The topological polar surface area (TPSA) is 78.4 Å². The van der Waals surface area contributed by atoms with Gasteiger partial charge in [0.05, 0.1) is 0 Å². The van der Waals surface area contributed by atoms with Crippen molar-refractivity contribution in [2.75, 3.05) is 0 Å². The maximum atomic E-state index is 10.9. The molecule has 3 N–H and O–H groups in total. The van der Waals surface area contributed by atoms with Crippen molar-refractivity contribution < 1.29 is 14.7 Å². The van der Waals surface area contributed by atoms with Crippen LogP contribution in [0.25, 0.3) is 0 Å². The highest BCUT2D eigenvalue weighted by atomic mass is 16.4. The molecule has 0 spiro atoms. The third-order valence-corrected chi connectivity index (χ3v) is 1.43. The molecule has 0 aromatic carbocycles. The first kappa shape index (κ1) is 11.5. The molecular weight excluding hydrogens is 172 g/mol. The van der Waals surface area contributed by atoms with E-state index in [1.54, 1.807) is 0 Å². The Morgan fingerprint density at radius 3 is 2.62 bits per heavy atom. The number of carboxylic acids is 1. The van der Waals surface area contributed by atoms with Gasteiger partial charge in [0.15, 0.2) is 0 Å². The van der Waals surface area contributed by atoms with Crippen LogP contribution in [-0.2, 0) is 4.79 Å². The lowest BCUT2D eigenvalue weighted by atomic mass is 10.3. The molecule has 5 nitrogen and oxygen atoms in total. The van der Waals surface area contributed by atoms with Crippen molar-refractivity contribution in [3.8, 4) is 0 Å². The van der Waals surface area contributed by atoms with Gasteiger partial charge in [-0.3, -0.25) is 0 Å². The van der Waals surface area contributed by atoms with E-state index in [1.807, 2.05) is 13.8 Å².